The van der Waals surface area contributed by atoms with E-state index >= 15 is 0 Å². The van der Waals surface area contributed by atoms with Crippen LogP contribution in [-0.4, -0.2) is 30.9 Å². The van der Waals surface area contributed by atoms with Crippen LogP contribution in [-0.2, 0) is 9.47 Å². The number of carbonyl (C=O) groups is 1. The molecule has 1 aromatic rings. The number of hydrogen-bond donors (Lipinski definition) is 0. The molecule has 0 radical (unpaired) electrons. The molecule has 0 aromatic heterocycles. The second kappa shape index (κ2) is 4.98. The van der Waals surface area contributed by atoms with Crippen LogP contribution in [0.1, 0.15) is 31.1 Å². The summed E-state index contributed by atoms with van der Waals surface area (Å²) in [5.74, 6) is 0.214. The van der Waals surface area contributed by atoms with E-state index < -0.39 is 0 Å². The van der Waals surface area contributed by atoms with Crippen molar-refractivity contribution in [2.75, 3.05) is 13.2 Å². The van der Waals surface area contributed by atoms with Crippen molar-refractivity contribution in [3.05, 3.63) is 29.8 Å². The van der Waals surface area contributed by atoms with E-state index in [1.54, 1.807) is 18.2 Å². The summed E-state index contributed by atoms with van der Waals surface area (Å²) in [6.45, 7) is 6.53. The van der Waals surface area contributed by atoms with E-state index in [1.165, 1.54) is 0 Å². The highest BCUT2D eigenvalue weighted by atomic mass is 16.6. The maximum Gasteiger partial charge on any atom is 0.342 e. The highest BCUT2D eigenvalue weighted by Crippen LogP contribution is 2.23. The molecule has 0 bridgehead atoms. The fraction of sp³-hybridized carbons (Fsp3) is 0.500. The van der Waals surface area contributed by atoms with Crippen LogP contribution in [0, 0.1) is 0 Å². The molecule has 0 amide bonds. The third-order valence-electron chi connectivity index (χ3n) is 2.51. The van der Waals surface area contributed by atoms with E-state index in [-0.39, 0.29) is 17.7 Å². The third-order valence-corrected chi connectivity index (χ3v) is 2.51. The van der Waals surface area contributed by atoms with Gasteiger partial charge in [0.2, 0.25) is 0 Å². The Bertz CT molecular complexity index is 434. The van der Waals surface area contributed by atoms with Gasteiger partial charge in [-0.3, -0.25) is 0 Å². The van der Waals surface area contributed by atoms with E-state index in [9.17, 15) is 4.79 Å². The topological polar surface area (TPSA) is 44.8 Å². The van der Waals surface area contributed by atoms with Gasteiger partial charge in [0.1, 0.15) is 17.9 Å². The molecule has 2 rings (SSSR count). The smallest absolute Gasteiger partial charge is 0.342 e. The highest BCUT2D eigenvalue weighted by molar-refractivity contribution is 5.92. The van der Waals surface area contributed by atoms with Crippen molar-refractivity contribution in [3.8, 4) is 5.75 Å². The fourth-order valence-corrected chi connectivity index (χ4v) is 1.62. The van der Waals surface area contributed by atoms with Gasteiger partial charge in [0.05, 0.1) is 12.2 Å². The van der Waals surface area contributed by atoms with Gasteiger partial charge in [0.15, 0.2) is 6.10 Å². The molecule has 18 heavy (non-hydrogen) atoms. The van der Waals surface area contributed by atoms with Gasteiger partial charge < -0.3 is 14.2 Å². The average molecular weight is 250 g/mol. The van der Waals surface area contributed by atoms with E-state index in [0.717, 1.165) is 0 Å². The Kier molecular flexibility index (Phi) is 3.57. The van der Waals surface area contributed by atoms with E-state index in [2.05, 4.69) is 0 Å². The molecular weight excluding hydrogens is 232 g/mol. The number of hydrogen-bond acceptors (Lipinski definition) is 4. The number of benzene rings is 1. The summed E-state index contributed by atoms with van der Waals surface area (Å²) in [5, 5.41) is 0. The summed E-state index contributed by atoms with van der Waals surface area (Å²) in [5.41, 5.74) is 0.210. The minimum Gasteiger partial charge on any atom is -0.489 e. The normalized spacial score (nSPS) is 19.5. The van der Waals surface area contributed by atoms with Crippen molar-refractivity contribution >= 4 is 5.97 Å². The molecule has 4 heteroatoms. The average Bonchev–Trinajstić information content (AvgIpc) is 2.46. The Morgan fingerprint density at radius 3 is 2.78 bits per heavy atom. The molecule has 1 aromatic carbocycles. The largest absolute Gasteiger partial charge is 0.489 e. The maximum atomic E-state index is 11.9. The summed E-state index contributed by atoms with van der Waals surface area (Å²) < 4.78 is 16.5. The molecule has 1 heterocycles. The summed E-state index contributed by atoms with van der Waals surface area (Å²) in [7, 11) is 0. The number of carbonyl (C=O) groups excluding carboxylic acids is 1. The zero-order chi connectivity index (χ0) is 13.2. The molecule has 0 aliphatic carbocycles. The van der Waals surface area contributed by atoms with Crippen LogP contribution in [0.3, 0.4) is 0 Å². The summed E-state index contributed by atoms with van der Waals surface area (Å²) in [6.07, 6.45) is -0.371. The van der Waals surface area contributed by atoms with Gasteiger partial charge in [-0.1, -0.05) is 12.1 Å². The van der Waals surface area contributed by atoms with Crippen molar-refractivity contribution in [1.82, 2.24) is 0 Å². The first-order chi connectivity index (χ1) is 8.46. The number of fused-ring (bicyclic) bond motifs is 1. The lowest BCUT2D eigenvalue weighted by atomic mass is 10.2. The second-order valence-electron chi connectivity index (χ2n) is 5.26. The molecule has 0 saturated heterocycles. The first-order valence-electron chi connectivity index (χ1n) is 6.02. The van der Waals surface area contributed by atoms with Gasteiger partial charge >= 0.3 is 5.97 Å². The van der Waals surface area contributed by atoms with E-state index in [1.807, 2.05) is 26.8 Å². The molecular formula is C14H18O4. The first kappa shape index (κ1) is 12.9. The van der Waals surface area contributed by atoms with Crippen LogP contribution in [0.25, 0.3) is 0 Å². The molecule has 1 aliphatic rings. The van der Waals surface area contributed by atoms with E-state index in [0.29, 0.717) is 24.5 Å². The highest BCUT2D eigenvalue weighted by Gasteiger charge is 2.25. The molecule has 4 nitrogen and oxygen atoms in total. The number of rotatable bonds is 2. The number of cyclic esters (lactones) is 1. The SMILES string of the molecule is CC(C)(C)OCC1COc2ccccc2C(=O)O1. The van der Waals surface area contributed by atoms with Gasteiger partial charge in [-0.15, -0.1) is 0 Å². The van der Waals surface area contributed by atoms with Crippen LogP contribution < -0.4 is 4.74 Å². The van der Waals surface area contributed by atoms with Gasteiger partial charge in [0.25, 0.3) is 0 Å². The van der Waals surface area contributed by atoms with Crippen LogP contribution in [0.2, 0.25) is 0 Å². The Morgan fingerprint density at radius 2 is 2.06 bits per heavy atom. The molecule has 0 spiro atoms. The molecule has 1 unspecified atom stereocenters. The number of esters is 1. The second-order valence-corrected chi connectivity index (χ2v) is 5.26. The Labute approximate surface area is 107 Å². The number of para-hydroxylation sites is 1. The lowest BCUT2D eigenvalue weighted by Crippen LogP contribution is -2.32. The number of ether oxygens (including phenoxy) is 3. The van der Waals surface area contributed by atoms with Crippen molar-refractivity contribution in [2.45, 2.75) is 32.5 Å². The molecule has 1 aliphatic heterocycles. The lowest BCUT2D eigenvalue weighted by molar-refractivity contribution is -0.0650. The predicted octanol–water partition coefficient (Wildman–Crippen LogP) is 2.42. The first-order valence-corrected chi connectivity index (χ1v) is 6.02. The summed E-state index contributed by atoms with van der Waals surface area (Å²) in [6, 6.07) is 7.09. The van der Waals surface area contributed by atoms with Crippen molar-refractivity contribution in [2.24, 2.45) is 0 Å². The standard InChI is InChI=1S/C14H18O4/c1-14(2,3)17-9-10-8-16-12-7-5-4-6-11(12)13(15)18-10/h4-7,10H,8-9H2,1-3H3. The van der Waals surface area contributed by atoms with Crippen LogP contribution >= 0.6 is 0 Å². The van der Waals surface area contributed by atoms with Gasteiger partial charge in [0, 0.05) is 0 Å². The Hall–Kier alpha value is -1.55. The minimum atomic E-state index is -0.371. The quantitative estimate of drug-likeness (QED) is 0.756. The van der Waals surface area contributed by atoms with Crippen LogP contribution in [0.4, 0.5) is 0 Å². The monoisotopic (exact) mass is 250 g/mol. The summed E-state index contributed by atoms with van der Waals surface area (Å²) in [4.78, 5) is 11.9. The van der Waals surface area contributed by atoms with Crippen molar-refractivity contribution in [1.29, 1.82) is 0 Å². The van der Waals surface area contributed by atoms with Crippen molar-refractivity contribution in [3.63, 3.8) is 0 Å². The molecule has 1 atom stereocenters. The zero-order valence-electron chi connectivity index (χ0n) is 10.9. The van der Waals surface area contributed by atoms with Gasteiger partial charge in [-0.25, -0.2) is 4.79 Å². The fourth-order valence-electron chi connectivity index (χ4n) is 1.62. The zero-order valence-corrected chi connectivity index (χ0v) is 10.9. The molecule has 0 fully saturated rings. The van der Waals surface area contributed by atoms with E-state index in [4.69, 9.17) is 14.2 Å². The van der Waals surface area contributed by atoms with Crippen LogP contribution in [0.5, 0.6) is 5.75 Å². The minimum absolute atomic E-state index is 0.258. The lowest BCUT2D eigenvalue weighted by Gasteiger charge is -2.23. The van der Waals surface area contributed by atoms with Crippen LogP contribution in [0.15, 0.2) is 24.3 Å². The third kappa shape index (κ3) is 3.23. The molecule has 98 valence electrons. The molecule has 0 saturated carbocycles. The van der Waals surface area contributed by atoms with Crippen molar-refractivity contribution < 1.29 is 19.0 Å². The predicted molar refractivity (Wildman–Crippen MR) is 66.8 cm³/mol. The maximum absolute atomic E-state index is 11.9. The molecule has 0 N–H and O–H groups in total. The Balaban J connectivity index is 2.03. The Morgan fingerprint density at radius 1 is 1.33 bits per heavy atom. The summed E-state index contributed by atoms with van der Waals surface area (Å²) >= 11 is 0. The van der Waals surface area contributed by atoms with Gasteiger partial charge in [-0.2, -0.15) is 0 Å². The van der Waals surface area contributed by atoms with Gasteiger partial charge in [-0.05, 0) is 32.9 Å².